The average molecular weight is 284 g/mol. The summed E-state index contributed by atoms with van der Waals surface area (Å²) in [6.45, 7) is -0.979. The minimum absolute atomic E-state index is 0.00855. The van der Waals surface area contributed by atoms with Crippen LogP contribution in [-0.2, 0) is 10.0 Å². The molecule has 0 amide bonds. The van der Waals surface area contributed by atoms with E-state index in [0.717, 1.165) is 0 Å². The van der Waals surface area contributed by atoms with Gasteiger partial charge in [-0.2, -0.15) is 4.31 Å². The molecule has 17 heavy (non-hydrogen) atoms. The molecule has 0 aliphatic heterocycles. The van der Waals surface area contributed by atoms with Crippen molar-refractivity contribution >= 4 is 21.6 Å². The Kier molecular flexibility index (Phi) is 5.30. The first-order valence-electron chi connectivity index (χ1n) is 4.88. The van der Waals surface area contributed by atoms with Gasteiger partial charge in [0.15, 0.2) is 0 Å². The summed E-state index contributed by atoms with van der Waals surface area (Å²) in [6.07, 6.45) is -2.73. The average Bonchev–Trinajstić information content (AvgIpc) is 2.29. The van der Waals surface area contributed by atoms with Crippen molar-refractivity contribution in [1.29, 1.82) is 0 Å². The topological polar surface area (TPSA) is 37.4 Å². The van der Waals surface area contributed by atoms with E-state index in [1.165, 1.54) is 24.3 Å². The van der Waals surface area contributed by atoms with E-state index in [-0.39, 0.29) is 17.3 Å². The Hall–Kier alpha value is -0.720. The maximum atomic E-state index is 12.3. The largest absolute Gasteiger partial charge is 0.252 e. The first kappa shape index (κ1) is 14.3. The van der Waals surface area contributed by atoms with Crippen LogP contribution in [-0.4, -0.2) is 38.1 Å². The van der Waals surface area contributed by atoms with Crippen molar-refractivity contribution in [1.82, 2.24) is 4.31 Å². The summed E-state index contributed by atoms with van der Waals surface area (Å²) >= 11 is 5.42. The van der Waals surface area contributed by atoms with Gasteiger partial charge in [0.05, 0.1) is 11.4 Å². The molecule has 1 rings (SSSR count). The predicted molar refractivity (Wildman–Crippen MR) is 61.9 cm³/mol. The van der Waals surface area contributed by atoms with E-state index in [1.807, 2.05) is 0 Å². The summed E-state index contributed by atoms with van der Waals surface area (Å²) in [5.74, 6) is -0.0290. The van der Waals surface area contributed by atoms with Crippen LogP contribution in [0.4, 0.5) is 8.78 Å². The molecule has 0 radical (unpaired) electrons. The highest BCUT2D eigenvalue weighted by Crippen LogP contribution is 2.16. The van der Waals surface area contributed by atoms with E-state index in [1.54, 1.807) is 6.07 Å². The molecule has 0 N–H and O–H groups in total. The molecule has 0 heterocycles. The number of nitrogens with zero attached hydrogens (tertiary/aromatic N) is 1. The Bertz CT molecular complexity index is 439. The Balaban J connectivity index is 3.00. The minimum atomic E-state index is -3.89. The van der Waals surface area contributed by atoms with Crippen molar-refractivity contribution in [3.05, 3.63) is 30.3 Å². The van der Waals surface area contributed by atoms with E-state index in [2.05, 4.69) is 0 Å². The van der Waals surface area contributed by atoms with Crippen molar-refractivity contribution in [2.45, 2.75) is 11.3 Å². The van der Waals surface area contributed by atoms with Crippen LogP contribution in [0, 0.1) is 0 Å². The molecule has 0 saturated heterocycles. The third-order valence-corrected chi connectivity index (χ3v) is 4.10. The van der Waals surface area contributed by atoms with Crippen molar-refractivity contribution in [3.8, 4) is 0 Å². The van der Waals surface area contributed by atoms with Crippen molar-refractivity contribution in [2.75, 3.05) is 19.0 Å². The minimum Gasteiger partial charge on any atom is -0.209 e. The van der Waals surface area contributed by atoms with Gasteiger partial charge in [-0.25, -0.2) is 17.2 Å². The van der Waals surface area contributed by atoms with Crippen molar-refractivity contribution in [3.63, 3.8) is 0 Å². The van der Waals surface area contributed by atoms with E-state index >= 15 is 0 Å². The molecule has 0 saturated carbocycles. The standard InChI is InChI=1S/C10H12ClF2NO2S/c11-6-7-14(8-10(12)13)17(15,16)9-4-2-1-3-5-9/h1-5,10H,6-8H2. The Morgan fingerprint density at radius 1 is 1.24 bits per heavy atom. The van der Waals surface area contributed by atoms with E-state index < -0.39 is 23.0 Å². The monoisotopic (exact) mass is 283 g/mol. The number of hydrogen-bond acceptors (Lipinski definition) is 2. The van der Waals surface area contributed by atoms with Gasteiger partial charge in [0, 0.05) is 12.4 Å². The van der Waals surface area contributed by atoms with Crippen molar-refractivity contribution in [2.24, 2.45) is 0 Å². The molecule has 0 unspecified atom stereocenters. The maximum absolute atomic E-state index is 12.3. The first-order chi connectivity index (χ1) is 7.98. The van der Waals surface area contributed by atoms with Crippen LogP contribution in [0.2, 0.25) is 0 Å². The number of halogens is 3. The Labute approximate surface area is 104 Å². The number of rotatable bonds is 6. The van der Waals surface area contributed by atoms with Crippen LogP contribution in [0.1, 0.15) is 0 Å². The maximum Gasteiger partial charge on any atom is 0.252 e. The second-order valence-electron chi connectivity index (χ2n) is 3.26. The molecule has 3 nitrogen and oxygen atoms in total. The first-order valence-corrected chi connectivity index (χ1v) is 6.85. The second-order valence-corrected chi connectivity index (χ2v) is 5.57. The summed E-state index contributed by atoms with van der Waals surface area (Å²) in [7, 11) is -3.89. The van der Waals surface area contributed by atoms with Gasteiger partial charge in [-0.3, -0.25) is 0 Å². The third-order valence-electron chi connectivity index (χ3n) is 2.06. The van der Waals surface area contributed by atoms with Gasteiger partial charge >= 0.3 is 0 Å². The molecule has 0 spiro atoms. The van der Waals surface area contributed by atoms with E-state index in [0.29, 0.717) is 4.31 Å². The van der Waals surface area contributed by atoms with Gasteiger partial charge < -0.3 is 0 Å². The number of alkyl halides is 3. The highest BCUT2D eigenvalue weighted by atomic mass is 35.5. The Morgan fingerprint density at radius 2 is 1.82 bits per heavy atom. The summed E-state index contributed by atoms with van der Waals surface area (Å²) in [4.78, 5) is -0.00855. The highest BCUT2D eigenvalue weighted by Gasteiger charge is 2.26. The molecule has 7 heteroatoms. The summed E-state index contributed by atoms with van der Waals surface area (Å²) in [6, 6.07) is 7.45. The fraction of sp³-hybridized carbons (Fsp3) is 0.400. The lowest BCUT2D eigenvalue weighted by Crippen LogP contribution is -2.36. The lowest BCUT2D eigenvalue weighted by molar-refractivity contribution is 0.121. The van der Waals surface area contributed by atoms with Crippen LogP contribution in [0.3, 0.4) is 0 Å². The van der Waals surface area contributed by atoms with Gasteiger partial charge in [0.2, 0.25) is 10.0 Å². The zero-order valence-corrected chi connectivity index (χ0v) is 10.5. The van der Waals surface area contributed by atoms with Gasteiger partial charge in [-0.05, 0) is 12.1 Å². The van der Waals surface area contributed by atoms with E-state index in [4.69, 9.17) is 11.6 Å². The molecule has 1 aromatic rings. The van der Waals surface area contributed by atoms with Crippen LogP contribution in [0.25, 0.3) is 0 Å². The third kappa shape index (κ3) is 3.90. The molecule has 0 aromatic heterocycles. The van der Waals surface area contributed by atoms with Crippen LogP contribution >= 0.6 is 11.6 Å². The van der Waals surface area contributed by atoms with Crippen LogP contribution in [0.15, 0.2) is 35.2 Å². The number of benzene rings is 1. The smallest absolute Gasteiger partial charge is 0.209 e. The molecule has 0 fully saturated rings. The SMILES string of the molecule is O=S(=O)(c1ccccc1)N(CCCl)CC(F)F. The molecule has 0 aliphatic carbocycles. The molecule has 0 atom stereocenters. The second kappa shape index (κ2) is 6.28. The predicted octanol–water partition coefficient (Wildman–Crippen LogP) is 2.18. The number of hydrogen-bond donors (Lipinski definition) is 0. The van der Waals surface area contributed by atoms with Crippen LogP contribution < -0.4 is 0 Å². The quantitative estimate of drug-likeness (QED) is 0.751. The van der Waals surface area contributed by atoms with Gasteiger partial charge in [-0.15, -0.1) is 11.6 Å². The molecular formula is C10H12ClF2NO2S. The lowest BCUT2D eigenvalue weighted by Gasteiger charge is -2.20. The molecule has 0 bridgehead atoms. The fourth-order valence-electron chi connectivity index (χ4n) is 1.30. The molecule has 96 valence electrons. The van der Waals surface area contributed by atoms with Gasteiger partial charge in [0.1, 0.15) is 0 Å². The summed E-state index contributed by atoms with van der Waals surface area (Å²) in [5.41, 5.74) is 0. The fourth-order valence-corrected chi connectivity index (χ4v) is 3.04. The molecule has 0 aliphatic rings. The zero-order valence-electron chi connectivity index (χ0n) is 8.89. The van der Waals surface area contributed by atoms with Crippen molar-refractivity contribution < 1.29 is 17.2 Å². The van der Waals surface area contributed by atoms with E-state index in [9.17, 15) is 17.2 Å². The lowest BCUT2D eigenvalue weighted by atomic mass is 10.4. The zero-order chi connectivity index (χ0) is 12.9. The summed E-state index contributed by atoms with van der Waals surface area (Å²) < 4.78 is 49.3. The summed E-state index contributed by atoms with van der Waals surface area (Å²) in [5, 5.41) is 0. The van der Waals surface area contributed by atoms with Gasteiger partial charge in [0.25, 0.3) is 6.43 Å². The Morgan fingerprint density at radius 3 is 2.29 bits per heavy atom. The van der Waals surface area contributed by atoms with Crippen LogP contribution in [0.5, 0.6) is 0 Å². The normalized spacial score (nSPS) is 12.3. The number of sulfonamides is 1. The van der Waals surface area contributed by atoms with Gasteiger partial charge in [-0.1, -0.05) is 18.2 Å². The highest BCUT2D eigenvalue weighted by molar-refractivity contribution is 7.89. The molecule has 1 aromatic carbocycles. The molecular weight excluding hydrogens is 272 g/mol.